The van der Waals surface area contributed by atoms with Crippen molar-refractivity contribution in [2.45, 2.75) is 25.4 Å². The van der Waals surface area contributed by atoms with Crippen LogP contribution in [0.25, 0.3) is 0 Å². The van der Waals surface area contributed by atoms with E-state index in [0.717, 1.165) is 36.9 Å². The topological polar surface area (TPSA) is 58.4 Å². The van der Waals surface area contributed by atoms with Crippen LogP contribution < -0.4 is 11.1 Å². The lowest BCUT2D eigenvalue weighted by atomic mass is 10.0. The summed E-state index contributed by atoms with van der Waals surface area (Å²) in [5, 5.41) is 3.12. The molecule has 7 heteroatoms. The normalized spacial score (nSPS) is 14.8. The Bertz CT molecular complexity index is 707. The van der Waals surface area contributed by atoms with Gasteiger partial charge in [-0.25, -0.2) is 0 Å². The molecule has 0 unspecified atom stereocenters. The molecule has 0 spiro atoms. The first kappa shape index (κ1) is 22.8. The molecule has 0 saturated carbocycles. The molecule has 2 aromatic rings. The average molecular weight is 461 g/mol. The Balaban J connectivity index is 0.00000169. The number of nitrogen functional groups attached to an aromatic ring is 1. The van der Waals surface area contributed by atoms with Gasteiger partial charge in [-0.05, 0) is 36.6 Å². The third-order valence-corrected chi connectivity index (χ3v) is 4.92. The zero-order chi connectivity index (χ0) is 16.9. The summed E-state index contributed by atoms with van der Waals surface area (Å²) in [4.78, 5) is 14.8. The van der Waals surface area contributed by atoms with Crippen molar-refractivity contribution in [3.05, 3.63) is 64.1 Å². The van der Waals surface area contributed by atoms with Crippen molar-refractivity contribution in [1.29, 1.82) is 0 Å². The van der Waals surface area contributed by atoms with Gasteiger partial charge in [0.05, 0.1) is 5.56 Å². The van der Waals surface area contributed by atoms with E-state index in [2.05, 4.69) is 50.4 Å². The number of nitrogens with zero attached hydrogens (tertiary/aromatic N) is 1. The van der Waals surface area contributed by atoms with E-state index in [1.54, 1.807) is 12.1 Å². The van der Waals surface area contributed by atoms with E-state index < -0.39 is 0 Å². The molecule has 1 amide bonds. The molecule has 3 rings (SSSR count). The number of anilines is 1. The number of halogens is 3. The van der Waals surface area contributed by atoms with Gasteiger partial charge in [0.15, 0.2) is 0 Å². The van der Waals surface area contributed by atoms with E-state index in [1.807, 2.05) is 12.1 Å². The lowest BCUT2D eigenvalue weighted by Crippen LogP contribution is -2.44. The van der Waals surface area contributed by atoms with Gasteiger partial charge in [-0.3, -0.25) is 9.69 Å². The van der Waals surface area contributed by atoms with Crippen LogP contribution in [0.4, 0.5) is 5.69 Å². The third kappa shape index (κ3) is 6.16. The minimum absolute atomic E-state index is 0. The summed E-state index contributed by atoms with van der Waals surface area (Å²) in [5.74, 6) is -0.0819. The fourth-order valence-electron chi connectivity index (χ4n) is 3.08. The van der Waals surface area contributed by atoms with Crippen LogP contribution >= 0.6 is 40.7 Å². The summed E-state index contributed by atoms with van der Waals surface area (Å²) < 4.78 is 0.880. The molecule has 4 nitrogen and oxygen atoms in total. The first-order valence-electron chi connectivity index (χ1n) is 8.24. The van der Waals surface area contributed by atoms with Crippen LogP contribution in [0.3, 0.4) is 0 Å². The second-order valence-corrected chi connectivity index (χ2v) is 7.16. The van der Waals surface area contributed by atoms with Crippen LogP contribution in [0.2, 0.25) is 0 Å². The molecule has 1 aliphatic rings. The minimum atomic E-state index is -0.0819. The fraction of sp³-hybridized carbons (Fsp3) is 0.316. The maximum absolute atomic E-state index is 12.4. The molecule has 1 fully saturated rings. The minimum Gasteiger partial charge on any atom is -0.398 e. The van der Waals surface area contributed by atoms with Crippen molar-refractivity contribution < 1.29 is 4.79 Å². The molecule has 1 saturated heterocycles. The Labute approximate surface area is 175 Å². The molecule has 0 radical (unpaired) electrons. The zero-order valence-corrected chi connectivity index (χ0v) is 17.6. The van der Waals surface area contributed by atoms with Crippen molar-refractivity contribution in [3.8, 4) is 0 Å². The van der Waals surface area contributed by atoms with Crippen molar-refractivity contribution >= 4 is 52.3 Å². The number of benzene rings is 2. The summed E-state index contributed by atoms with van der Waals surface area (Å²) in [7, 11) is 0. The predicted molar refractivity (Wildman–Crippen MR) is 115 cm³/mol. The van der Waals surface area contributed by atoms with E-state index in [4.69, 9.17) is 5.73 Å². The van der Waals surface area contributed by atoms with Gasteiger partial charge in [0.2, 0.25) is 0 Å². The van der Waals surface area contributed by atoms with E-state index >= 15 is 0 Å². The van der Waals surface area contributed by atoms with E-state index in [9.17, 15) is 4.79 Å². The Morgan fingerprint density at radius 3 is 2.38 bits per heavy atom. The summed E-state index contributed by atoms with van der Waals surface area (Å²) >= 11 is 3.36. The van der Waals surface area contributed by atoms with Gasteiger partial charge in [-0.15, -0.1) is 24.8 Å². The van der Waals surface area contributed by atoms with Crippen LogP contribution in [0.5, 0.6) is 0 Å². The zero-order valence-electron chi connectivity index (χ0n) is 14.4. The first-order chi connectivity index (χ1) is 11.6. The number of hydrogen-bond acceptors (Lipinski definition) is 3. The Morgan fingerprint density at radius 2 is 1.77 bits per heavy atom. The molecule has 0 aliphatic carbocycles. The Morgan fingerprint density at radius 1 is 1.12 bits per heavy atom. The first-order valence-corrected chi connectivity index (χ1v) is 9.03. The van der Waals surface area contributed by atoms with Crippen molar-refractivity contribution in [3.63, 3.8) is 0 Å². The number of piperidine rings is 1. The van der Waals surface area contributed by atoms with Gasteiger partial charge in [0, 0.05) is 35.8 Å². The van der Waals surface area contributed by atoms with E-state index in [-0.39, 0.29) is 36.8 Å². The Kier molecular flexibility index (Phi) is 9.44. The predicted octanol–water partition coefficient (Wildman–Crippen LogP) is 4.27. The number of nitrogens with two attached hydrogens (primary N) is 1. The monoisotopic (exact) mass is 459 g/mol. The van der Waals surface area contributed by atoms with Crippen molar-refractivity contribution in [2.24, 2.45) is 0 Å². The second kappa shape index (κ2) is 10.8. The van der Waals surface area contributed by atoms with Crippen LogP contribution in [0.1, 0.15) is 28.8 Å². The SMILES string of the molecule is Cl.Cl.Nc1cc(Br)ccc1C(=O)NC1CCN(Cc2ccccc2)CC1. The lowest BCUT2D eigenvalue weighted by Gasteiger charge is -2.32. The number of carbonyl (C=O) groups is 1. The van der Waals surface area contributed by atoms with Gasteiger partial charge in [-0.1, -0.05) is 46.3 Å². The average Bonchev–Trinajstić information content (AvgIpc) is 2.57. The van der Waals surface area contributed by atoms with Crippen molar-refractivity contribution in [1.82, 2.24) is 10.2 Å². The van der Waals surface area contributed by atoms with Crippen molar-refractivity contribution in [2.75, 3.05) is 18.8 Å². The number of carbonyl (C=O) groups excluding carboxylic acids is 1. The van der Waals surface area contributed by atoms with Gasteiger partial charge < -0.3 is 11.1 Å². The number of likely N-dealkylation sites (tertiary alicyclic amines) is 1. The molecule has 0 aromatic heterocycles. The summed E-state index contributed by atoms with van der Waals surface area (Å²) in [6.07, 6.45) is 1.93. The van der Waals surface area contributed by atoms with Crippen LogP contribution in [0, 0.1) is 0 Å². The van der Waals surface area contributed by atoms with E-state index in [0.29, 0.717) is 11.3 Å². The Hall–Kier alpha value is -1.27. The molecule has 3 N–H and O–H groups in total. The summed E-state index contributed by atoms with van der Waals surface area (Å²) in [6, 6.07) is 16.1. The largest absolute Gasteiger partial charge is 0.398 e. The summed E-state index contributed by atoms with van der Waals surface area (Å²) in [6.45, 7) is 2.96. The molecular weight excluding hydrogens is 437 g/mol. The molecule has 1 aliphatic heterocycles. The number of rotatable bonds is 4. The quantitative estimate of drug-likeness (QED) is 0.669. The fourth-order valence-corrected chi connectivity index (χ4v) is 3.46. The highest BCUT2D eigenvalue weighted by molar-refractivity contribution is 9.10. The molecule has 142 valence electrons. The van der Waals surface area contributed by atoms with Gasteiger partial charge >= 0.3 is 0 Å². The maximum Gasteiger partial charge on any atom is 0.253 e. The molecular formula is C19H24BrCl2N3O. The van der Waals surface area contributed by atoms with E-state index in [1.165, 1.54) is 5.56 Å². The highest BCUT2D eigenvalue weighted by Gasteiger charge is 2.21. The molecule has 26 heavy (non-hydrogen) atoms. The van der Waals surface area contributed by atoms with Gasteiger partial charge in [0.25, 0.3) is 5.91 Å². The number of hydrogen-bond donors (Lipinski definition) is 2. The van der Waals surface area contributed by atoms with Gasteiger partial charge in [-0.2, -0.15) is 0 Å². The maximum atomic E-state index is 12.4. The lowest BCUT2D eigenvalue weighted by molar-refractivity contribution is 0.0910. The van der Waals surface area contributed by atoms with Crippen LogP contribution in [-0.2, 0) is 6.54 Å². The number of amides is 1. The highest BCUT2D eigenvalue weighted by atomic mass is 79.9. The molecule has 2 aromatic carbocycles. The van der Waals surface area contributed by atoms with Crippen LogP contribution in [-0.4, -0.2) is 29.9 Å². The molecule has 0 atom stereocenters. The third-order valence-electron chi connectivity index (χ3n) is 4.43. The highest BCUT2D eigenvalue weighted by Crippen LogP contribution is 2.20. The van der Waals surface area contributed by atoms with Crippen LogP contribution in [0.15, 0.2) is 53.0 Å². The standard InChI is InChI=1S/C19H22BrN3O.2ClH/c20-15-6-7-17(18(21)12-15)19(24)22-16-8-10-23(11-9-16)13-14-4-2-1-3-5-14;;/h1-7,12,16H,8-11,13,21H2,(H,22,24);2*1H. The van der Waals surface area contributed by atoms with Gasteiger partial charge in [0.1, 0.15) is 0 Å². The molecule has 0 bridgehead atoms. The number of nitrogens with one attached hydrogen (secondary N) is 1. The smallest absolute Gasteiger partial charge is 0.253 e. The molecule has 1 heterocycles. The summed E-state index contributed by atoms with van der Waals surface area (Å²) in [5.41, 5.74) is 8.32. The second-order valence-electron chi connectivity index (χ2n) is 6.24.